The first-order chi connectivity index (χ1) is 6.26. The predicted molar refractivity (Wildman–Crippen MR) is 54.2 cm³/mol. The molecule has 0 aliphatic rings. The van der Waals surface area contributed by atoms with E-state index in [1.54, 1.807) is 18.2 Å². The van der Waals surface area contributed by atoms with Crippen molar-refractivity contribution < 1.29 is 4.79 Å². The van der Waals surface area contributed by atoms with Crippen molar-refractivity contribution in [3.05, 3.63) is 39.9 Å². The summed E-state index contributed by atoms with van der Waals surface area (Å²) in [4.78, 5) is 10.5. The van der Waals surface area contributed by atoms with E-state index in [0.717, 1.165) is 16.3 Å². The van der Waals surface area contributed by atoms with Crippen molar-refractivity contribution in [3.63, 3.8) is 0 Å². The van der Waals surface area contributed by atoms with Gasteiger partial charge in [0.05, 0.1) is 6.07 Å². The van der Waals surface area contributed by atoms with Gasteiger partial charge < -0.3 is 0 Å². The van der Waals surface area contributed by atoms with Gasteiger partial charge in [0.25, 0.3) is 0 Å². The fourth-order valence-electron chi connectivity index (χ4n) is 0.934. The van der Waals surface area contributed by atoms with Gasteiger partial charge in [-0.3, -0.25) is 4.79 Å². The molecule has 2 nitrogen and oxygen atoms in total. The topological polar surface area (TPSA) is 40.9 Å². The lowest BCUT2D eigenvalue weighted by atomic mass is 10.1. The monoisotopic (exact) mass is 235 g/mol. The minimum Gasteiger partial charge on any atom is -0.298 e. The lowest BCUT2D eigenvalue weighted by Gasteiger charge is -1.96. The quantitative estimate of drug-likeness (QED) is 0.585. The first kappa shape index (κ1) is 9.69. The molecule has 0 saturated carbocycles. The molecule has 1 aromatic rings. The SMILES string of the molecule is N#CC=Cc1cc(Br)cc(C=O)c1. The summed E-state index contributed by atoms with van der Waals surface area (Å²) in [5.41, 5.74) is 1.42. The smallest absolute Gasteiger partial charge is 0.150 e. The molecule has 0 atom stereocenters. The Balaban J connectivity index is 3.09. The van der Waals surface area contributed by atoms with Crippen molar-refractivity contribution >= 4 is 28.3 Å². The fraction of sp³-hybridized carbons (Fsp3) is 0. The van der Waals surface area contributed by atoms with Crippen molar-refractivity contribution in [2.45, 2.75) is 0 Å². The van der Waals surface area contributed by atoms with Crippen molar-refractivity contribution in [1.29, 1.82) is 5.26 Å². The summed E-state index contributed by atoms with van der Waals surface area (Å²) in [6.07, 6.45) is 3.79. The average Bonchev–Trinajstić information content (AvgIpc) is 2.14. The maximum Gasteiger partial charge on any atom is 0.150 e. The first-order valence-corrected chi connectivity index (χ1v) is 4.37. The van der Waals surface area contributed by atoms with Crippen LogP contribution >= 0.6 is 15.9 Å². The number of nitriles is 1. The van der Waals surface area contributed by atoms with Gasteiger partial charge in [-0.1, -0.05) is 15.9 Å². The molecule has 0 bridgehead atoms. The van der Waals surface area contributed by atoms with Crippen LogP contribution in [0.25, 0.3) is 6.08 Å². The standard InChI is InChI=1S/C10H6BrNO/c11-10-5-8(2-1-3-12)4-9(6-10)7-13/h1-2,4-7H. The zero-order valence-corrected chi connectivity index (χ0v) is 8.28. The van der Waals surface area contributed by atoms with E-state index in [4.69, 9.17) is 5.26 Å². The minimum atomic E-state index is 0.590. The Hall–Kier alpha value is -1.40. The molecule has 13 heavy (non-hydrogen) atoms. The largest absolute Gasteiger partial charge is 0.298 e. The number of benzene rings is 1. The molecule has 0 saturated heterocycles. The van der Waals surface area contributed by atoms with Crippen LogP contribution in [-0.4, -0.2) is 6.29 Å². The Bertz CT molecular complexity index is 390. The predicted octanol–water partition coefficient (Wildman–Crippen LogP) is 2.80. The third-order valence-corrected chi connectivity index (χ3v) is 1.89. The highest BCUT2D eigenvalue weighted by Gasteiger charge is 1.95. The normalized spacial score (nSPS) is 9.85. The number of carbonyl (C=O) groups excluding carboxylic acids is 1. The molecule has 0 aromatic heterocycles. The highest BCUT2D eigenvalue weighted by Crippen LogP contribution is 2.15. The van der Waals surface area contributed by atoms with E-state index in [0.29, 0.717) is 5.56 Å². The van der Waals surface area contributed by atoms with Gasteiger partial charge in [-0.05, 0) is 29.8 Å². The highest BCUT2D eigenvalue weighted by atomic mass is 79.9. The Morgan fingerprint density at radius 3 is 2.62 bits per heavy atom. The fourth-order valence-corrected chi connectivity index (χ4v) is 1.46. The second-order valence-electron chi connectivity index (χ2n) is 2.40. The molecular weight excluding hydrogens is 230 g/mol. The minimum absolute atomic E-state index is 0.590. The van der Waals surface area contributed by atoms with Gasteiger partial charge in [0.1, 0.15) is 6.29 Å². The van der Waals surface area contributed by atoms with Crippen LogP contribution in [0, 0.1) is 11.3 Å². The number of halogens is 1. The molecule has 0 N–H and O–H groups in total. The van der Waals surface area contributed by atoms with Crippen LogP contribution in [0.4, 0.5) is 0 Å². The number of rotatable bonds is 2. The molecule has 3 heteroatoms. The molecule has 0 fully saturated rings. The van der Waals surface area contributed by atoms with Crippen LogP contribution in [-0.2, 0) is 0 Å². The van der Waals surface area contributed by atoms with Gasteiger partial charge in [-0.15, -0.1) is 0 Å². The summed E-state index contributed by atoms with van der Waals surface area (Å²) >= 11 is 3.27. The Kier molecular flexibility index (Phi) is 3.41. The molecule has 0 aliphatic carbocycles. The van der Waals surface area contributed by atoms with E-state index in [1.807, 2.05) is 12.1 Å². The van der Waals surface area contributed by atoms with Crippen LogP contribution in [0.5, 0.6) is 0 Å². The zero-order chi connectivity index (χ0) is 9.68. The van der Waals surface area contributed by atoms with Gasteiger partial charge in [-0.25, -0.2) is 0 Å². The van der Waals surface area contributed by atoms with E-state index in [2.05, 4.69) is 15.9 Å². The molecule has 64 valence electrons. The van der Waals surface area contributed by atoms with Gasteiger partial charge >= 0.3 is 0 Å². The van der Waals surface area contributed by atoms with E-state index in [9.17, 15) is 4.79 Å². The Morgan fingerprint density at radius 2 is 2.00 bits per heavy atom. The van der Waals surface area contributed by atoms with Crippen molar-refractivity contribution in [3.8, 4) is 6.07 Å². The van der Waals surface area contributed by atoms with Gasteiger partial charge in [0, 0.05) is 16.1 Å². The molecule has 1 rings (SSSR count). The molecule has 1 aromatic carbocycles. The summed E-state index contributed by atoms with van der Waals surface area (Å²) in [7, 11) is 0. The van der Waals surface area contributed by atoms with E-state index in [1.165, 1.54) is 6.08 Å². The van der Waals surface area contributed by atoms with Crippen molar-refractivity contribution in [2.75, 3.05) is 0 Å². The van der Waals surface area contributed by atoms with Crippen molar-refractivity contribution in [2.24, 2.45) is 0 Å². The number of hydrogen-bond acceptors (Lipinski definition) is 2. The van der Waals surface area contributed by atoms with Crippen LogP contribution in [0.15, 0.2) is 28.7 Å². The van der Waals surface area contributed by atoms with Crippen LogP contribution in [0.3, 0.4) is 0 Å². The summed E-state index contributed by atoms with van der Waals surface area (Å²) in [6.45, 7) is 0. The lowest BCUT2D eigenvalue weighted by Crippen LogP contribution is -1.81. The molecule has 0 heterocycles. The molecule has 0 radical (unpaired) electrons. The lowest BCUT2D eigenvalue weighted by molar-refractivity contribution is 0.112. The average molecular weight is 236 g/mol. The third-order valence-electron chi connectivity index (χ3n) is 1.43. The summed E-state index contributed by atoms with van der Waals surface area (Å²) in [6, 6.07) is 7.16. The summed E-state index contributed by atoms with van der Waals surface area (Å²) in [5, 5.41) is 8.31. The van der Waals surface area contributed by atoms with Gasteiger partial charge in [0.15, 0.2) is 0 Å². The zero-order valence-electron chi connectivity index (χ0n) is 6.70. The maximum atomic E-state index is 10.5. The second kappa shape index (κ2) is 4.58. The van der Waals surface area contributed by atoms with Gasteiger partial charge in [-0.2, -0.15) is 5.26 Å². The summed E-state index contributed by atoms with van der Waals surface area (Å²) < 4.78 is 0.828. The molecule has 0 spiro atoms. The third kappa shape index (κ3) is 2.85. The van der Waals surface area contributed by atoms with E-state index >= 15 is 0 Å². The molecular formula is C10H6BrNO. The Morgan fingerprint density at radius 1 is 1.31 bits per heavy atom. The Labute approximate surface area is 84.6 Å². The number of allylic oxidation sites excluding steroid dienone is 1. The van der Waals surface area contributed by atoms with Crippen LogP contribution < -0.4 is 0 Å². The van der Waals surface area contributed by atoms with Crippen LogP contribution in [0.2, 0.25) is 0 Å². The van der Waals surface area contributed by atoms with Gasteiger partial charge in [0.2, 0.25) is 0 Å². The second-order valence-corrected chi connectivity index (χ2v) is 3.31. The first-order valence-electron chi connectivity index (χ1n) is 3.58. The highest BCUT2D eigenvalue weighted by molar-refractivity contribution is 9.10. The number of aldehydes is 1. The molecule has 0 unspecified atom stereocenters. The van der Waals surface area contributed by atoms with E-state index < -0.39 is 0 Å². The number of nitrogens with zero attached hydrogens (tertiary/aromatic N) is 1. The summed E-state index contributed by atoms with van der Waals surface area (Å²) in [5.74, 6) is 0. The van der Waals surface area contributed by atoms with E-state index in [-0.39, 0.29) is 0 Å². The van der Waals surface area contributed by atoms with Crippen molar-refractivity contribution in [1.82, 2.24) is 0 Å². The molecule has 0 amide bonds. The maximum absolute atomic E-state index is 10.5. The number of hydrogen-bond donors (Lipinski definition) is 0. The van der Waals surface area contributed by atoms with Crippen LogP contribution in [0.1, 0.15) is 15.9 Å². The molecule has 0 aliphatic heterocycles. The number of carbonyl (C=O) groups is 1.